The van der Waals surface area contributed by atoms with E-state index in [0.29, 0.717) is 33.5 Å². The molecule has 2 N–H and O–H groups in total. The Labute approximate surface area is 209 Å². The lowest BCUT2D eigenvalue weighted by Crippen LogP contribution is -2.23. The molecule has 0 radical (unpaired) electrons. The molecule has 0 saturated heterocycles. The fraction of sp³-hybridized carbons (Fsp3) is 0.304. The maximum atomic E-state index is 12.2. The Morgan fingerprint density at radius 1 is 0.800 bits per heavy atom. The summed E-state index contributed by atoms with van der Waals surface area (Å²) in [5.74, 6) is 0.506. The van der Waals surface area contributed by atoms with E-state index in [9.17, 15) is 9.59 Å². The van der Waals surface area contributed by atoms with Crippen LogP contribution < -0.4 is 10.6 Å². The average molecular weight is 507 g/mol. The van der Waals surface area contributed by atoms with Crippen molar-refractivity contribution in [2.45, 2.75) is 38.0 Å². The number of carbonyl (C=O) groups is 2. The zero-order chi connectivity index (χ0) is 24.0. The number of nitrogens with zero attached hydrogens (tertiary/aromatic N) is 6. The highest BCUT2D eigenvalue weighted by Gasteiger charge is 2.33. The summed E-state index contributed by atoms with van der Waals surface area (Å²) in [7, 11) is 0. The van der Waals surface area contributed by atoms with Gasteiger partial charge in [-0.25, -0.2) is 0 Å². The minimum Gasteiger partial charge on any atom is -0.300 e. The molecule has 5 rings (SSSR count). The Kier molecular flexibility index (Phi) is 7.09. The fourth-order valence-corrected chi connectivity index (χ4v) is 5.60. The Hall–Kier alpha value is -3.64. The molecule has 35 heavy (non-hydrogen) atoms. The lowest BCUT2D eigenvalue weighted by atomic mass is 9.74. The van der Waals surface area contributed by atoms with Crippen LogP contribution in [0.1, 0.15) is 40.2 Å². The molecule has 0 unspecified atom stereocenters. The molecule has 0 spiro atoms. The van der Waals surface area contributed by atoms with Gasteiger partial charge in [0, 0.05) is 36.1 Å². The second-order valence-electron chi connectivity index (χ2n) is 8.28. The third kappa shape index (κ3) is 6.28. The Morgan fingerprint density at radius 3 is 2.00 bits per heavy atom. The first-order chi connectivity index (χ1) is 17.1. The maximum absolute atomic E-state index is 12.2. The van der Waals surface area contributed by atoms with Gasteiger partial charge in [-0.05, 0) is 43.0 Å². The molecular weight excluding hydrogens is 484 g/mol. The summed E-state index contributed by atoms with van der Waals surface area (Å²) in [6, 6.07) is 11.0. The Bertz CT molecular complexity index is 1290. The van der Waals surface area contributed by atoms with Crippen LogP contribution in [0.25, 0.3) is 0 Å². The fourth-order valence-electron chi connectivity index (χ4n) is 3.85. The molecular formula is C23H22N8O2S2. The van der Waals surface area contributed by atoms with Crippen molar-refractivity contribution in [2.24, 2.45) is 5.92 Å². The normalized spacial score (nSPS) is 16.9. The van der Waals surface area contributed by atoms with Crippen molar-refractivity contribution in [2.75, 3.05) is 10.6 Å². The van der Waals surface area contributed by atoms with Gasteiger partial charge in [-0.3, -0.25) is 19.6 Å². The number of pyridine rings is 2. The summed E-state index contributed by atoms with van der Waals surface area (Å²) in [4.78, 5) is 32.7. The number of hydrogen-bond donors (Lipinski definition) is 2. The van der Waals surface area contributed by atoms with E-state index in [2.05, 4.69) is 41.0 Å². The highest BCUT2D eigenvalue weighted by atomic mass is 32.1. The molecule has 4 aromatic rings. The van der Waals surface area contributed by atoms with Crippen LogP contribution in [0.3, 0.4) is 0 Å². The lowest BCUT2D eigenvalue weighted by molar-refractivity contribution is -0.116. The molecule has 1 fully saturated rings. The highest BCUT2D eigenvalue weighted by Crippen LogP contribution is 2.44. The molecule has 1 aliphatic carbocycles. The number of hydrogen-bond acceptors (Lipinski definition) is 10. The molecule has 0 bridgehead atoms. The second kappa shape index (κ2) is 10.7. The lowest BCUT2D eigenvalue weighted by Gasteiger charge is -2.32. The van der Waals surface area contributed by atoms with Gasteiger partial charge in [0.1, 0.15) is 10.0 Å². The zero-order valence-corrected chi connectivity index (χ0v) is 20.3. The van der Waals surface area contributed by atoms with E-state index in [1.54, 1.807) is 12.4 Å². The van der Waals surface area contributed by atoms with Crippen molar-refractivity contribution in [1.29, 1.82) is 0 Å². The van der Waals surface area contributed by atoms with Crippen LogP contribution in [0.2, 0.25) is 0 Å². The summed E-state index contributed by atoms with van der Waals surface area (Å²) in [6.45, 7) is 0. The zero-order valence-electron chi connectivity index (χ0n) is 18.6. The first-order valence-electron chi connectivity index (χ1n) is 11.2. The van der Waals surface area contributed by atoms with Gasteiger partial charge in [-0.1, -0.05) is 34.8 Å². The number of carbonyl (C=O) groups excluding carboxylic acids is 2. The molecule has 4 aromatic heterocycles. The molecule has 1 aliphatic rings. The minimum atomic E-state index is -0.158. The summed E-state index contributed by atoms with van der Waals surface area (Å²) in [5.41, 5.74) is 1.42. The van der Waals surface area contributed by atoms with Gasteiger partial charge in [0.2, 0.25) is 22.1 Å². The highest BCUT2D eigenvalue weighted by molar-refractivity contribution is 7.15. The van der Waals surface area contributed by atoms with Crippen molar-refractivity contribution >= 4 is 44.8 Å². The Morgan fingerprint density at radius 2 is 1.40 bits per heavy atom. The van der Waals surface area contributed by atoms with Crippen LogP contribution in [0, 0.1) is 5.92 Å². The van der Waals surface area contributed by atoms with Gasteiger partial charge in [-0.2, -0.15) is 0 Å². The van der Waals surface area contributed by atoms with Crippen LogP contribution in [0.4, 0.5) is 10.3 Å². The number of rotatable bonds is 9. The molecule has 0 aromatic carbocycles. The van der Waals surface area contributed by atoms with Crippen molar-refractivity contribution in [3.05, 3.63) is 70.2 Å². The first-order valence-corrected chi connectivity index (χ1v) is 12.8. The molecule has 2 amide bonds. The van der Waals surface area contributed by atoms with Crippen LogP contribution in [-0.4, -0.2) is 42.2 Å². The molecule has 178 valence electrons. The van der Waals surface area contributed by atoms with E-state index in [1.165, 1.54) is 22.7 Å². The third-order valence-electron chi connectivity index (χ3n) is 5.58. The third-order valence-corrected chi connectivity index (χ3v) is 7.45. The predicted molar refractivity (Wildman–Crippen MR) is 132 cm³/mol. The molecule has 0 atom stereocenters. The van der Waals surface area contributed by atoms with Crippen LogP contribution >= 0.6 is 22.7 Å². The molecule has 0 aliphatic heterocycles. The topological polar surface area (TPSA) is 136 Å². The van der Waals surface area contributed by atoms with Crippen LogP contribution in [-0.2, 0) is 28.9 Å². The smallest absolute Gasteiger partial charge is 0.232 e. The van der Waals surface area contributed by atoms with Gasteiger partial charge in [0.15, 0.2) is 0 Å². The monoisotopic (exact) mass is 506 g/mol. The number of anilines is 2. The summed E-state index contributed by atoms with van der Waals surface area (Å²) >= 11 is 2.83. The van der Waals surface area contributed by atoms with Gasteiger partial charge in [0.25, 0.3) is 0 Å². The van der Waals surface area contributed by atoms with Crippen molar-refractivity contribution in [3.63, 3.8) is 0 Å². The maximum Gasteiger partial charge on any atom is 0.232 e. The van der Waals surface area contributed by atoms with Gasteiger partial charge in [-0.15, -0.1) is 20.4 Å². The number of nitrogens with one attached hydrogen (secondary N) is 2. The van der Waals surface area contributed by atoms with Crippen LogP contribution in [0.5, 0.6) is 0 Å². The molecule has 12 heteroatoms. The Balaban J connectivity index is 1.05. The molecule has 1 saturated carbocycles. The largest absolute Gasteiger partial charge is 0.300 e. The van der Waals surface area contributed by atoms with Crippen LogP contribution in [0.15, 0.2) is 48.8 Å². The van der Waals surface area contributed by atoms with E-state index in [4.69, 9.17) is 0 Å². The van der Waals surface area contributed by atoms with Crippen molar-refractivity contribution in [1.82, 2.24) is 30.4 Å². The first kappa shape index (κ1) is 23.1. The number of amides is 2. The summed E-state index contributed by atoms with van der Waals surface area (Å²) in [6.07, 6.45) is 6.52. The van der Waals surface area contributed by atoms with Gasteiger partial charge < -0.3 is 10.6 Å². The van der Waals surface area contributed by atoms with E-state index in [-0.39, 0.29) is 24.7 Å². The predicted octanol–water partition coefficient (Wildman–Crippen LogP) is 3.28. The summed E-state index contributed by atoms with van der Waals surface area (Å²) < 4.78 is 0. The van der Waals surface area contributed by atoms with Gasteiger partial charge in [0.05, 0.1) is 12.8 Å². The molecule has 10 nitrogen and oxygen atoms in total. The van der Waals surface area contributed by atoms with E-state index in [0.717, 1.165) is 29.3 Å². The second-order valence-corrected chi connectivity index (χ2v) is 10.3. The average Bonchev–Trinajstić information content (AvgIpc) is 3.46. The number of aromatic nitrogens is 6. The van der Waals surface area contributed by atoms with Gasteiger partial charge >= 0.3 is 0 Å². The molecule has 4 heterocycles. The minimum absolute atomic E-state index is 0.155. The quantitative estimate of drug-likeness (QED) is 0.353. The van der Waals surface area contributed by atoms with E-state index < -0.39 is 0 Å². The standard InChI is InChI=1S/C23H22N8O2S2/c32-18(12-16-5-1-3-7-24-16)26-22-30-28-20(34-22)11-14-9-15(10-14)21-29-31-23(35-21)27-19(33)13-17-6-2-4-8-25-17/h1-8,14-15H,9-13H2,(H,26,30,32)(H,27,31,33)/t14-,15-. The summed E-state index contributed by atoms with van der Waals surface area (Å²) in [5, 5.41) is 25.2. The van der Waals surface area contributed by atoms with E-state index >= 15 is 0 Å². The van der Waals surface area contributed by atoms with Crippen molar-refractivity contribution in [3.8, 4) is 0 Å². The SMILES string of the molecule is O=C(Cc1ccccn1)Nc1nnc(C[C@H]2C[C@H](c3nnc(NC(=O)Cc4ccccn4)s3)C2)s1. The van der Waals surface area contributed by atoms with E-state index in [1.807, 2.05) is 36.4 Å². The van der Waals surface area contributed by atoms with Crippen molar-refractivity contribution < 1.29 is 9.59 Å².